The topological polar surface area (TPSA) is 74.6 Å². The van der Waals surface area contributed by atoms with Gasteiger partial charge in [0.05, 0.1) is 11.1 Å². The summed E-state index contributed by atoms with van der Waals surface area (Å²) in [7, 11) is 0. The first-order chi connectivity index (χ1) is 13.9. The summed E-state index contributed by atoms with van der Waals surface area (Å²) in [5.74, 6) is -0.808. The van der Waals surface area contributed by atoms with E-state index in [1.54, 1.807) is 12.1 Å². The van der Waals surface area contributed by atoms with Crippen molar-refractivity contribution in [3.63, 3.8) is 0 Å². The Bertz CT molecular complexity index is 620. The normalized spacial score (nSPS) is 14.3. The summed E-state index contributed by atoms with van der Waals surface area (Å²) in [6.45, 7) is 8.85. The monoisotopic (exact) mass is 404 g/mol. The molecule has 0 saturated heterocycles. The second-order valence-corrected chi connectivity index (χ2v) is 8.41. The Morgan fingerprint density at radius 1 is 0.828 bits per heavy atom. The van der Waals surface area contributed by atoms with Crippen molar-refractivity contribution in [3.05, 3.63) is 34.9 Å². The van der Waals surface area contributed by atoms with E-state index in [9.17, 15) is 19.8 Å². The van der Waals surface area contributed by atoms with Crippen molar-refractivity contribution >= 4 is 11.9 Å². The molecule has 2 N–H and O–H groups in total. The standard InChI is InChI=1S/C25H40O4/c1-5-9-11-18(7-3)15-21(16-19(8-4)12-10-6-2)22-14-13-20(24(26)27)17-23(22)25(28)29/h13-14,17-19,21H,5-12,15-16H2,1-4H3,(H,26,27)(H,28,29). The van der Waals surface area contributed by atoms with Gasteiger partial charge in [0.25, 0.3) is 0 Å². The van der Waals surface area contributed by atoms with Gasteiger partial charge in [-0.3, -0.25) is 0 Å². The number of carboxylic acid groups (broad SMARTS) is 2. The van der Waals surface area contributed by atoms with Crippen LogP contribution in [0.5, 0.6) is 0 Å². The summed E-state index contributed by atoms with van der Waals surface area (Å²) in [6, 6.07) is 4.67. The Labute approximate surface area is 176 Å². The molecule has 4 heteroatoms. The Morgan fingerprint density at radius 3 is 1.72 bits per heavy atom. The Morgan fingerprint density at radius 2 is 1.34 bits per heavy atom. The third kappa shape index (κ3) is 8.20. The molecule has 0 amide bonds. The lowest BCUT2D eigenvalue weighted by Gasteiger charge is -2.28. The number of carboxylic acids is 2. The number of hydrogen-bond acceptors (Lipinski definition) is 2. The lowest BCUT2D eigenvalue weighted by molar-refractivity contribution is 0.0694. The van der Waals surface area contributed by atoms with Gasteiger partial charge in [-0.25, -0.2) is 9.59 Å². The summed E-state index contributed by atoms with van der Waals surface area (Å²) in [4.78, 5) is 23.3. The van der Waals surface area contributed by atoms with E-state index >= 15 is 0 Å². The van der Waals surface area contributed by atoms with Crippen LogP contribution < -0.4 is 0 Å². The van der Waals surface area contributed by atoms with Crippen LogP contribution in [0.25, 0.3) is 0 Å². The average molecular weight is 405 g/mol. The van der Waals surface area contributed by atoms with Crippen molar-refractivity contribution in [1.29, 1.82) is 0 Å². The van der Waals surface area contributed by atoms with Gasteiger partial charge in [-0.1, -0.05) is 85.1 Å². The average Bonchev–Trinajstić information content (AvgIpc) is 2.72. The Hall–Kier alpha value is -1.84. The molecule has 164 valence electrons. The van der Waals surface area contributed by atoms with E-state index in [2.05, 4.69) is 27.7 Å². The van der Waals surface area contributed by atoms with Gasteiger partial charge in [-0.15, -0.1) is 0 Å². The van der Waals surface area contributed by atoms with Crippen LogP contribution in [0.4, 0.5) is 0 Å². The molecule has 29 heavy (non-hydrogen) atoms. The molecule has 1 aromatic carbocycles. The zero-order valence-electron chi connectivity index (χ0n) is 18.7. The van der Waals surface area contributed by atoms with Crippen molar-refractivity contribution in [2.24, 2.45) is 11.8 Å². The molecule has 0 bridgehead atoms. The molecule has 1 rings (SSSR count). The van der Waals surface area contributed by atoms with Gasteiger partial charge in [0.15, 0.2) is 0 Å². The third-order valence-electron chi connectivity index (χ3n) is 6.29. The molecule has 0 aromatic heterocycles. The molecule has 4 nitrogen and oxygen atoms in total. The van der Waals surface area contributed by atoms with Gasteiger partial charge >= 0.3 is 11.9 Å². The highest BCUT2D eigenvalue weighted by Crippen LogP contribution is 2.37. The van der Waals surface area contributed by atoms with Gasteiger partial charge in [0, 0.05) is 0 Å². The minimum Gasteiger partial charge on any atom is -0.478 e. The van der Waals surface area contributed by atoms with Crippen LogP contribution in [-0.4, -0.2) is 22.2 Å². The smallest absolute Gasteiger partial charge is 0.335 e. The van der Waals surface area contributed by atoms with Crippen LogP contribution in [0.2, 0.25) is 0 Å². The van der Waals surface area contributed by atoms with Gasteiger partial charge < -0.3 is 10.2 Å². The molecule has 0 aliphatic heterocycles. The number of benzene rings is 1. The van der Waals surface area contributed by atoms with Gasteiger partial charge in [-0.2, -0.15) is 0 Å². The van der Waals surface area contributed by atoms with Crippen LogP contribution in [0, 0.1) is 11.8 Å². The van der Waals surface area contributed by atoms with E-state index in [1.165, 1.54) is 44.6 Å². The lowest BCUT2D eigenvalue weighted by Crippen LogP contribution is -2.16. The molecule has 0 aliphatic carbocycles. The molecular weight excluding hydrogens is 364 g/mol. The number of unbranched alkanes of at least 4 members (excludes halogenated alkanes) is 2. The van der Waals surface area contributed by atoms with Crippen molar-refractivity contribution in [2.45, 2.75) is 97.8 Å². The van der Waals surface area contributed by atoms with Crippen LogP contribution in [0.1, 0.15) is 124 Å². The fourth-order valence-electron chi connectivity index (χ4n) is 4.35. The summed E-state index contributed by atoms with van der Waals surface area (Å²) >= 11 is 0. The maximum atomic E-state index is 12.0. The molecular formula is C25H40O4. The molecule has 0 radical (unpaired) electrons. The zero-order valence-corrected chi connectivity index (χ0v) is 18.7. The maximum Gasteiger partial charge on any atom is 0.335 e. The summed E-state index contributed by atoms with van der Waals surface area (Å²) in [6.07, 6.45) is 11.2. The molecule has 0 spiro atoms. The zero-order chi connectivity index (χ0) is 21.8. The fraction of sp³-hybridized carbons (Fsp3) is 0.680. The molecule has 2 atom stereocenters. The highest BCUT2D eigenvalue weighted by atomic mass is 16.4. The summed E-state index contributed by atoms with van der Waals surface area (Å²) < 4.78 is 0. The van der Waals surface area contributed by atoms with E-state index in [-0.39, 0.29) is 17.0 Å². The van der Waals surface area contributed by atoms with Crippen LogP contribution in [-0.2, 0) is 0 Å². The quantitative estimate of drug-likeness (QED) is 0.320. The van der Waals surface area contributed by atoms with Crippen LogP contribution in [0.15, 0.2) is 18.2 Å². The number of carbonyl (C=O) groups is 2. The second-order valence-electron chi connectivity index (χ2n) is 8.41. The maximum absolute atomic E-state index is 12.0. The molecule has 0 aliphatic rings. The highest BCUT2D eigenvalue weighted by Gasteiger charge is 2.25. The number of aromatic carboxylic acids is 2. The molecule has 0 saturated carbocycles. The minimum absolute atomic E-state index is 0.0425. The van der Waals surface area contributed by atoms with E-state index < -0.39 is 11.9 Å². The van der Waals surface area contributed by atoms with Gasteiger partial charge in [0.2, 0.25) is 0 Å². The third-order valence-corrected chi connectivity index (χ3v) is 6.29. The first-order valence-corrected chi connectivity index (χ1v) is 11.5. The minimum atomic E-state index is -1.08. The van der Waals surface area contributed by atoms with Crippen LogP contribution >= 0.6 is 0 Å². The Kier molecular flexibility index (Phi) is 11.6. The van der Waals surface area contributed by atoms with Crippen molar-refractivity contribution in [2.75, 3.05) is 0 Å². The van der Waals surface area contributed by atoms with Crippen molar-refractivity contribution in [1.82, 2.24) is 0 Å². The second kappa shape index (κ2) is 13.4. The predicted octanol–water partition coefficient (Wildman–Crippen LogP) is 7.38. The van der Waals surface area contributed by atoms with Gasteiger partial charge in [-0.05, 0) is 48.3 Å². The lowest BCUT2D eigenvalue weighted by atomic mass is 9.77. The summed E-state index contributed by atoms with van der Waals surface area (Å²) in [5, 5.41) is 19.1. The molecule has 0 fully saturated rings. The Balaban J connectivity index is 3.26. The predicted molar refractivity (Wildman–Crippen MR) is 119 cm³/mol. The van der Waals surface area contributed by atoms with E-state index in [1.807, 2.05) is 0 Å². The van der Waals surface area contributed by atoms with E-state index in [0.29, 0.717) is 11.8 Å². The SMILES string of the molecule is CCCCC(CC)CC(CC(CC)CCCC)c1ccc(C(=O)O)cc1C(=O)O. The first kappa shape index (κ1) is 25.2. The highest BCUT2D eigenvalue weighted by molar-refractivity contribution is 5.95. The largest absolute Gasteiger partial charge is 0.478 e. The molecule has 2 unspecified atom stereocenters. The van der Waals surface area contributed by atoms with Crippen molar-refractivity contribution in [3.8, 4) is 0 Å². The summed E-state index contributed by atoms with van der Waals surface area (Å²) in [5.41, 5.74) is 1.01. The van der Waals surface area contributed by atoms with Crippen molar-refractivity contribution < 1.29 is 19.8 Å². The van der Waals surface area contributed by atoms with E-state index in [4.69, 9.17) is 0 Å². The molecule has 0 heterocycles. The van der Waals surface area contributed by atoms with E-state index in [0.717, 1.165) is 31.2 Å². The fourth-order valence-corrected chi connectivity index (χ4v) is 4.35. The first-order valence-electron chi connectivity index (χ1n) is 11.5. The van der Waals surface area contributed by atoms with Crippen LogP contribution in [0.3, 0.4) is 0 Å². The van der Waals surface area contributed by atoms with Gasteiger partial charge in [0.1, 0.15) is 0 Å². The molecule has 1 aromatic rings. The number of rotatable bonds is 15. The number of hydrogen-bond donors (Lipinski definition) is 2.